The second-order valence-corrected chi connectivity index (χ2v) is 6.41. The van der Waals surface area contributed by atoms with Crippen LogP contribution >= 0.6 is 11.6 Å². The van der Waals surface area contributed by atoms with Gasteiger partial charge in [-0.1, -0.05) is 28.9 Å². The van der Waals surface area contributed by atoms with E-state index >= 15 is 0 Å². The first kappa shape index (κ1) is 14.8. The van der Waals surface area contributed by atoms with E-state index in [2.05, 4.69) is 10.1 Å². The summed E-state index contributed by atoms with van der Waals surface area (Å²) >= 11 is 5.91. The first-order valence-electron chi connectivity index (χ1n) is 6.12. The molecule has 2 aromatic heterocycles. The van der Waals surface area contributed by atoms with Gasteiger partial charge in [-0.25, -0.2) is 13.6 Å². The Balaban J connectivity index is 1.83. The molecule has 3 rings (SSSR count). The van der Waals surface area contributed by atoms with E-state index in [-0.39, 0.29) is 16.7 Å². The minimum Gasteiger partial charge on any atom is -0.438 e. The van der Waals surface area contributed by atoms with Gasteiger partial charge in [0.05, 0.1) is 0 Å². The molecule has 9 heteroatoms. The summed E-state index contributed by atoms with van der Waals surface area (Å²) in [5, 5.41) is 9.04. The largest absolute Gasteiger partial charge is 0.438 e. The highest BCUT2D eigenvalue weighted by Gasteiger charge is 2.18. The van der Waals surface area contributed by atoms with Crippen molar-refractivity contribution in [2.75, 3.05) is 0 Å². The van der Waals surface area contributed by atoms with Gasteiger partial charge in [-0.15, -0.1) is 0 Å². The zero-order valence-electron chi connectivity index (χ0n) is 11.1. The van der Waals surface area contributed by atoms with Crippen LogP contribution < -0.4 is 5.14 Å². The van der Waals surface area contributed by atoms with Crippen molar-refractivity contribution >= 4 is 21.6 Å². The second-order valence-electron chi connectivity index (χ2n) is 4.49. The molecule has 0 aliphatic heterocycles. The molecule has 7 nitrogen and oxygen atoms in total. The number of rotatable bonds is 4. The molecule has 0 aliphatic rings. The standard InChI is InChI=1S/C13H10ClN3O4S/c14-9-3-1-2-8(6-9)7-11-16-13(21-17-11)10-4-5-12(20-10)22(15,18)19/h1-6H,7H2,(H2,15,18,19). The Hall–Kier alpha value is -2.16. The maximum atomic E-state index is 11.2. The number of nitrogens with two attached hydrogens (primary N) is 1. The fraction of sp³-hybridized carbons (Fsp3) is 0.0769. The zero-order chi connectivity index (χ0) is 15.7. The van der Waals surface area contributed by atoms with Crippen molar-refractivity contribution in [1.29, 1.82) is 0 Å². The third kappa shape index (κ3) is 3.19. The second kappa shape index (κ2) is 5.56. The Morgan fingerprint density at radius 1 is 1.23 bits per heavy atom. The summed E-state index contributed by atoms with van der Waals surface area (Å²) in [6.07, 6.45) is 0.423. The molecule has 2 N–H and O–H groups in total. The number of aromatic nitrogens is 2. The molecule has 0 aliphatic carbocycles. The summed E-state index contributed by atoms with van der Waals surface area (Å²) in [6.45, 7) is 0. The number of nitrogens with zero attached hydrogens (tertiary/aromatic N) is 2. The van der Waals surface area contributed by atoms with Crippen molar-refractivity contribution < 1.29 is 17.4 Å². The van der Waals surface area contributed by atoms with Crippen LogP contribution in [-0.2, 0) is 16.4 Å². The van der Waals surface area contributed by atoms with E-state index < -0.39 is 10.0 Å². The van der Waals surface area contributed by atoms with Crippen molar-refractivity contribution in [3.63, 3.8) is 0 Å². The van der Waals surface area contributed by atoms with Crippen molar-refractivity contribution in [2.45, 2.75) is 11.5 Å². The smallest absolute Gasteiger partial charge is 0.293 e. The van der Waals surface area contributed by atoms with Gasteiger partial charge in [-0.05, 0) is 29.8 Å². The van der Waals surface area contributed by atoms with Crippen LogP contribution in [0.4, 0.5) is 0 Å². The molecular weight excluding hydrogens is 330 g/mol. The number of hydrogen-bond donors (Lipinski definition) is 1. The van der Waals surface area contributed by atoms with Crippen molar-refractivity contribution in [2.24, 2.45) is 5.14 Å². The first-order chi connectivity index (χ1) is 10.4. The Morgan fingerprint density at radius 2 is 2.05 bits per heavy atom. The summed E-state index contributed by atoms with van der Waals surface area (Å²) in [4.78, 5) is 4.15. The van der Waals surface area contributed by atoms with E-state index in [9.17, 15) is 8.42 Å². The summed E-state index contributed by atoms with van der Waals surface area (Å²) in [7, 11) is -3.91. The fourth-order valence-electron chi connectivity index (χ4n) is 1.84. The molecule has 114 valence electrons. The van der Waals surface area contributed by atoms with Crippen molar-refractivity contribution in [3.8, 4) is 11.7 Å². The van der Waals surface area contributed by atoms with Crippen molar-refractivity contribution in [3.05, 3.63) is 52.8 Å². The molecule has 0 saturated heterocycles. The van der Waals surface area contributed by atoms with Crippen LogP contribution in [0.5, 0.6) is 0 Å². The quantitative estimate of drug-likeness (QED) is 0.779. The molecule has 0 spiro atoms. The van der Waals surface area contributed by atoms with Crippen LogP contribution in [0.3, 0.4) is 0 Å². The number of halogens is 1. The minimum absolute atomic E-state index is 0.0759. The van der Waals surface area contributed by atoms with E-state index in [1.807, 2.05) is 12.1 Å². The van der Waals surface area contributed by atoms with Gasteiger partial charge in [-0.2, -0.15) is 4.98 Å². The van der Waals surface area contributed by atoms with Gasteiger partial charge in [0.25, 0.3) is 15.9 Å². The normalized spacial score (nSPS) is 11.7. The van der Waals surface area contributed by atoms with E-state index in [1.165, 1.54) is 12.1 Å². The summed E-state index contributed by atoms with van der Waals surface area (Å²) < 4.78 is 32.5. The number of benzene rings is 1. The highest BCUT2D eigenvalue weighted by molar-refractivity contribution is 7.89. The molecule has 22 heavy (non-hydrogen) atoms. The molecular formula is C13H10ClN3O4S. The molecule has 0 amide bonds. The van der Waals surface area contributed by atoms with Gasteiger partial charge >= 0.3 is 0 Å². The summed E-state index contributed by atoms with van der Waals surface area (Å²) in [5.74, 6) is 0.631. The fourth-order valence-corrected chi connectivity index (χ4v) is 2.52. The van der Waals surface area contributed by atoms with Gasteiger partial charge in [0.15, 0.2) is 11.6 Å². The Kier molecular flexibility index (Phi) is 3.73. The van der Waals surface area contributed by atoms with E-state index in [0.717, 1.165) is 5.56 Å². The third-order valence-corrected chi connectivity index (χ3v) is 3.81. The molecule has 0 fully saturated rings. The van der Waals surface area contributed by atoms with E-state index in [4.69, 9.17) is 25.7 Å². The predicted octanol–water partition coefficient (Wildman–Crippen LogP) is 2.22. The lowest BCUT2D eigenvalue weighted by Gasteiger charge is -1.96. The first-order valence-corrected chi connectivity index (χ1v) is 8.04. The Labute approximate surface area is 130 Å². The molecule has 0 unspecified atom stereocenters. The highest BCUT2D eigenvalue weighted by atomic mass is 35.5. The lowest BCUT2D eigenvalue weighted by molar-refractivity contribution is 0.395. The highest BCUT2D eigenvalue weighted by Crippen LogP contribution is 2.23. The van der Waals surface area contributed by atoms with Crippen molar-refractivity contribution in [1.82, 2.24) is 10.1 Å². The molecule has 1 aromatic carbocycles. The molecule has 3 aromatic rings. The average Bonchev–Trinajstić information content (AvgIpc) is 3.06. The minimum atomic E-state index is -3.91. The van der Waals surface area contributed by atoms with Crippen LogP contribution in [0.25, 0.3) is 11.7 Å². The topological polar surface area (TPSA) is 112 Å². The Morgan fingerprint density at radius 3 is 2.73 bits per heavy atom. The lowest BCUT2D eigenvalue weighted by atomic mass is 10.1. The maximum Gasteiger partial charge on any atom is 0.293 e. The number of sulfonamides is 1. The van der Waals surface area contributed by atoms with Crippen LogP contribution in [0.2, 0.25) is 5.02 Å². The number of hydrogen-bond acceptors (Lipinski definition) is 6. The Bertz CT molecular complexity index is 917. The molecule has 2 heterocycles. The zero-order valence-corrected chi connectivity index (χ0v) is 12.6. The summed E-state index contributed by atoms with van der Waals surface area (Å²) in [5.41, 5.74) is 0.921. The van der Waals surface area contributed by atoms with E-state index in [0.29, 0.717) is 17.3 Å². The van der Waals surface area contributed by atoms with Gasteiger partial charge in [0.1, 0.15) is 0 Å². The average molecular weight is 340 g/mol. The van der Waals surface area contributed by atoms with Gasteiger partial charge < -0.3 is 8.94 Å². The predicted molar refractivity (Wildman–Crippen MR) is 77.6 cm³/mol. The van der Waals surface area contributed by atoms with Crippen LogP contribution in [-0.4, -0.2) is 18.6 Å². The van der Waals surface area contributed by atoms with E-state index in [1.54, 1.807) is 12.1 Å². The monoisotopic (exact) mass is 339 g/mol. The van der Waals surface area contributed by atoms with Crippen LogP contribution in [0.15, 0.2) is 50.4 Å². The molecule has 0 radical (unpaired) electrons. The van der Waals surface area contributed by atoms with Gasteiger partial charge in [0.2, 0.25) is 5.09 Å². The van der Waals surface area contributed by atoms with Gasteiger partial charge in [-0.3, -0.25) is 0 Å². The summed E-state index contributed by atoms with van der Waals surface area (Å²) in [6, 6.07) is 9.90. The third-order valence-electron chi connectivity index (χ3n) is 2.79. The van der Waals surface area contributed by atoms with Crippen LogP contribution in [0.1, 0.15) is 11.4 Å². The lowest BCUT2D eigenvalue weighted by Crippen LogP contribution is -2.10. The molecule has 0 saturated carbocycles. The number of furan rings is 1. The number of primary sulfonamides is 1. The molecule has 0 atom stereocenters. The maximum absolute atomic E-state index is 11.2. The van der Waals surface area contributed by atoms with Gasteiger partial charge in [0, 0.05) is 11.4 Å². The molecule has 0 bridgehead atoms. The van der Waals surface area contributed by atoms with Crippen LogP contribution in [0, 0.1) is 0 Å². The SMILES string of the molecule is NS(=O)(=O)c1ccc(-c2nc(Cc3cccc(Cl)c3)no2)o1.